The standard InChI is InChI=1S/C10H21N3O/c1-10(2,3)7-9(14)13-6-4-5-8(11)12/h4-7H2,1-3H3,(H3,11,12)(H,13,14). The number of amides is 1. The zero-order valence-electron chi connectivity index (χ0n) is 9.31. The molecule has 4 heteroatoms. The minimum Gasteiger partial charge on any atom is -0.388 e. The summed E-state index contributed by atoms with van der Waals surface area (Å²) in [5.74, 6) is 0.246. The molecule has 0 atom stereocenters. The van der Waals surface area contributed by atoms with Crippen molar-refractivity contribution >= 4 is 11.7 Å². The van der Waals surface area contributed by atoms with Crippen molar-refractivity contribution in [3.8, 4) is 0 Å². The Kier molecular flexibility index (Phi) is 5.20. The fraction of sp³-hybridized carbons (Fsp3) is 0.800. The second kappa shape index (κ2) is 5.62. The minimum absolute atomic E-state index is 0.0324. The van der Waals surface area contributed by atoms with Crippen LogP contribution in [-0.2, 0) is 4.79 Å². The molecule has 4 nitrogen and oxygen atoms in total. The molecule has 14 heavy (non-hydrogen) atoms. The molecule has 4 N–H and O–H groups in total. The lowest BCUT2D eigenvalue weighted by Crippen LogP contribution is -2.28. The molecule has 0 heterocycles. The molecule has 0 unspecified atom stereocenters. The normalized spacial score (nSPS) is 11.1. The van der Waals surface area contributed by atoms with Gasteiger partial charge in [-0.05, 0) is 11.8 Å². The zero-order chi connectivity index (χ0) is 11.2. The SMILES string of the molecule is CC(C)(C)CC(=O)NCCCC(=N)N. The van der Waals surface area contributed by atoms with Gasteiger partial charge in [-0.25, -0.2) is 0 Å². The Morgan fingerprint density at radius 3 is 2.43 bits per heavy atom. The van der Waals surface area contributed by atoms with E-state index in [0.717, 1.165) is 6.42 Å². The van der Waals surface area contributed by atoms with Crippen molar-refractivity contribution in [2.24, 2.45) is 11.1 Å². The average Bonchev–Trinajstić information content (AvgIpc) is 1.94. The van der Waals surface area contributed by atoms with Gasteiger partial charge in [0.05, 0.1) is 5.84 Å². The molecular weight excluding hydrogens is 178 g/mol. The van der Waals surface area contributed by atoms with E-state index in [1.807, 2.05) is 20.8 Å². The monoisotopic (exact) mass is 199 g/mol. The van der Waals surface area contributed by atoms with Gasteiger partial charge in [-0.1, -0.05) is 20.8 Å². The molecule has 0 fully saturated rings. The van der Waals surface area contributed by atoms with Crippen LogP contribution in [0.25, 0.3) is 0 Å². The third-order valence-electron chi connectivity index (χ3n) is 1.64. The van der Waals surface area contributed by atoms with Crippen molar-refractivity contribution in [3.63, 3.8) is 0 Å². The maximum Gasteiger partial charge on any atom is 0.220 e. The molecule has 0 rings (SSSR count). The van der Waals surface area contributed by atoms with Crippen molar-refractivity contribution < 1.29 is 4.79 Å². The molecule has 0 aromatic carbocycles. The van der Waals surface area contributed by atoms with Gasteiger partial charge in [-0.2, -0.15) is 0 Å². The van der Waals surface area contributed by atoms with Crippen LogP contribution < -0.4 is 11.1 Å². The number of nitrogens with one attached hydrogen (secondary N) is 2. The van der Waals surface area contributed by atoms with Crippen LogP contribution in [0, 0.1) is 10.8 Å². The first-order valence-electron chi connectivity index (χ1n) is 4.91. The molecule has 0 spiro atoms. The highest BCUT2D eigenvalue weighted by Gasteiger charge is 2.14. The maximum absolute atomic E-state index is 11.3. The number of nitrogens with two attached hydrogens (primary N) is 1. The minimum atomic E-state index is 0.0324. The fourth-order valence-electron chi connectivity index (χ4n) is 1.05. The summed E-state index contributed by atoms with van der Waals surface area (Å²) < 4.78 is 0. The smallest absolute Gasteiger partial charge is 0.220 e. The lowest BCUT2D eigenvalue weighted by Gasteiger charge is -2.17. The highest BCUT2D eigenvalue weighted by molar-refractivity contribution is 5.77. The summed E-state index contributed by atoms with van der Waals surface area (Å²) in [5, 5.41) is 9.79. The number of hydrogen-bond donors (Lipinski definition) is 3. The van der Waals surface area contributed by atoms with E-state index in [-0.39, 0.29) is 17.2 Å². The van der Waals surface area contributed by atoms with Crippen LogP contribution in [0.15, 0.2) is 0 Å². The van der Waals surface area contributed by atoms with Crippen LogP contribution >= 0.6 is 0 Å². The average molecular weight is 199 g/mol. The molecule has 0 saturated carbocycles. The van der Waals surface area contributed by atoms with Gasteiger partial charge in [0.1, 0.15) is 0 Å². The van der Waals surface area contributed by atoms with E-state index in [2.05, 4.69) is 5.32 Å². The summed E-state index contributed by atoms with van der Waals surface area (Å²) in [6.07, 6.45) is 1.83. The Hall–Kier alpha value is -1.06. The number of carbonyl (C=O) groups excluding carboxylic acids is 1. The lowest BCUT2D eigenvalue weighted by molar-refractivity contribution is -0.122. The molecular formula is C10H21N3O. The van der Waals surface area contributed by atoms with Gasteiger partial charge in [0, 0.05) is 19.4 Å². The Bertz CT molecular complexity index is 206. The molecule has 82 valence electrons. The van der Waals surface area contributed by atoms with E-state index in [0.29, 0.717) is 19.4 Å². The zero-order valence-corrected chi connectivity index (χ0v) is 9.31. The maximum atomic E-state index is 11.3. The quantitative estimate of drug-likeness (QED) is 0.354. The molecule has 0 radical (unpaired) electrons. The molecule has 0 saturated heterocycles. The summed E-state index contributed by atoms with van der Waals surface area (Å²) in [7, 11) is 0. The topological polar surface area (TPSA) is 79.0 Å². The van der Waals surface area contributed by atoms with Gasteiger partial charge in [-0.15, -0.1) is 0 Å². The van der Waals surface area contributed by atoms with Crippen LogP contribution in [0.2, 0.25) is 0 Å². The van der Waals surface area contributed by atoms with Crippen LogP contribution in [0.3, 0.4) is 0 Å². The van der Waals surface area contributed by atoms with Crippen molar-refractivity contribution in [1.82, 2.24) is 5.32 Å². The Morgan fingerprint density at radius 1 is 1.43 bits per heavy atom. The third-order valence-corrected chi connectivity index (χ3v) is 1.64. The second-order valence-electron chi connectivity index (χ2n) is 4.72. The summed E-state index contributed by atoms with van der Waals surface area (Å²) in [4.78, 5) is 11.3. The highest BCUT2D eigenvalue weighted by Crippen LogP contribution is 2.17. The second-order valence-corrected chi connectivity index (χ2v) is 4.72. The lowest BCUT2D eigenvalue weighted by atomic mass is 9.92. The first-order chi connectivity index (χ1) is 6.31. The summed E-state index contributed by atoms with van der Waals surface area (Å²) >= 11 is 0. The van der Waals surface area contributed by atoms with Gasteiger partial charge < -0.3 is 11.1 Å². The molecule has 0 bridgehead atoms. The number of hydrogen-bond acceptors (Lipinski definition) is 2. The first kappa shape index (κ1) is 12.9. The van der Waals surface area contributed by atoms with Crippen LogP contribution in [0.5, 0.6) is 0 Å². The van der Waals surface area contributed by atoms with E-state index in [4.69, 9.17) is 11.1 Å². The molecule has 0 aromatic rings. The number of rotatable bonds is 5. The molecule has 0 aliphatic carbocycles. The van der Waals surface area contributed by atoms with Crippen molar-refractivity contribution in [2.75, 3.05) is 6.54 Å². The van der Waals surface area contributed by atoms with E-state index in [1.54, 1.807) is 0 Å². The fourth-order valence-corrected chi connectivity index (χ4v) is 1.05. The largest absolute Gasteiger partial charge is 0.388 e. The molecule has 1 amide bonds. The van der Waals surface area contributed by atoms with Crippen molar-refractivity contribution in [1.29, 1.82) is 5.41 Å². The highest BCUT2D eigenvalue weighted by atomic mass is 16.1. The molecule has 0 aliphatic rings. The summed E-state index contributed by atoms with van der Waals surface area (Å²) in [6.45, 7) is 6.70. The number of amidine groups is 1. The Labute approximate surface area is 85.8 Å². The summed E-state index contributed by atoms with van der Waals surface area (Å²) in [6, 6.07) is 0. The van der Waals surface area contributed by atoms with E-state index < -0.39 is 0 Å². The van der Waals surface area contributed by atoms with Gasteiger partial charge in [0.15, 0.2) is 0 Å². The van der Waals surface area contributed by atoms with E-state index >= 15 is 0 Å². The summed E-state index contributed by atoms with van der Waals surface area (Å²) in [5.41, 5.74) is 5.21. The van der Waals surface area contributed by atoms with E-state index in [1.165, 1.54) is 0 Å². The molecule has 0 aromatic heterocycles. The van der Waals surface area contributed by atoms with Gasteiger partial charge >= 0.3 is 0 Å². The predicted molar refractivity (Wildman–Crippen MR) is 58.2 cm³/mol. The van der Waals surface area contributed by atoms with Crippen LogP contribution in [0.4, 0.5) is 0 Å². The van der Waals surface area contributed by atoms with Crippen LogP contribution in [0.1, 0.15) is 40.0 Å². The Morgan fingerprint density at radius 2 is 2.00 bits per heavy atom. The van der Waals surface area contributed by atoms with Gasteiger partial charge in [0.2, 0.25) is 5.91 Å². The van der Waals surface area contributed by atoms with Crippen molar-refractivity contribution in [2.45, 2.75) is 40.0 Å². The third kappa shape index (κ3) is 9.03. The first-order valence-corrected chi connectivity index (χ1v) is 4.91. The number of carbonyl (C=O) groups is 1. The van der Waals surface area contributed by atoms with E-state index in [9.17, 15) is 4.79 Å². The predicted octanol–water partition coefficient (Wildman–Crippen LogP) is 1.25. The van der Waals surface area contributed by atoms with Gasteiger partial charge in [-0.3, -0.25) is 10.2 Å². The Balaban J connectivity index is 3.50. The van der Waals surface area contributed by atoms with Gasteiger partial charge in [0.25, 0.3) is 0 Å². The molecule has 0 aliphatic heterocycles. The van der Waals surface area contributed by atoms with Crippen LogP contribution in [-0.4, -0.2) is 18.3 Å². The van der Waals surface area contributed by atoms with Crippen molar-refractivity contribution in [3.05, 3.63) is 0 Å².